The molecular weight excluding hydrogens is 462 g/mol. The summed E-state index contributed by atoms with van der Waals surface area (Å²) in [5, 5.41) is 4.06. The van der Waals surface area contributed by atoms with Gasteiger partial charge < -0.3 is 14.6 Å². The number of carbonyl (C=O) groups excluding carboxylic acids is 1. The molecular formula is C23H21N3O5S2. The summed E-state index contributed by atoms with van der Waals surface area (Å²) in [6.07, 6.45) is 1.96. The lowest BCUT2D eigenvalue weighted by molar-refractivity contribution is -0.129. The fourth-order valence-corrected chi connectivity index (χ4v) is 6.34. The minimum atomic E-state index is -3.91. The number of thiophene rings is 1. The fraction of sp³-hybridized carbons (Fsp3) is 0.217. The van der Waals surface area contributed by atoms with Crippen molar-refractivity contribution in [1.29, 1.82) is 0 Å². The lowest BCUT2D eigenvalue weighted by Gasteiger charge is -2.17. The first kappa shape index (κ1) is 21.6. The van der Waals surface area contributed by atoms with E-state index in [1.165, 1.54) is 17.4 Å². The van der Waals surface area contributed by atoms with Gasteiger partial charge in [0.05, 0.1) is 17.4 Å². The number of ether oxygens (including phenoxy) is 1. The predicted molar refractivity (Wildman–Crippen MR) is 127 cm³/mol. The van der Waals surface area contributed by atoms with Gasteiger partial charge in [-0.1, -0.05) is 12.1 Å². The molecule has 1 aliphatic heterocycles. The van der Waals surface area contributed by atoms with Crippen LogP contribution in [-0.4, -0.2) is 43.9 Å². The van der Waals surface area contributed by atoms with E-state index in [0.717, 1.165) is 21.0 Å². The maximum absolute atomic E-state index is 13.0. The van der Waals surface area contributed by atoms with Crippen LogP contribution >= 0.6 is 11.3 Å². The number of aromatic amines is 1. The number of sulfonamides is 1. The highest BCUT2D eigenvalue weighted by molar-refractivity contribution is 7.89. The molecule has 33 heavy (non-hydrogen) atoms. The molecule has 3 heterocycles. The van der Waals surface area contributed by atoms with E-state index in [1.54, 1.807) is 36.4 Å². The highest BCUT2D eigenvalue weighted by Gasteiger charge is 2.35. The monoisotopic (exact) mass is 483 g/mol. The second-order valence-corrected chi connectivity index (χ2v) is 10.5. The Morgan fingerprint density at radius 3 is 2.79 bits per heavy atom. The van der Waals surface area contributed by atoms with Crippen molar-refractivity contribution in [3.05, 3.63) is 70.0 Å². The number of hydrogen-bond acceptors (Lipinski definition) is 6. The van der Waals surface area contributed by atoms with E-state index in [1.807, 2.05) is 23.6 Å². The molecule has 10 heteroatoms. The number of carbonyl (C=O) groups is 1. The molecule has 2 aromatic heterocycles. The quantitative estimate of drug-likeness (QED) is 0.438. The molecule has 0 aliphatic carbocycles. The third kappa shape index (κ3) is 4.01. The van der Waals surface area contributed by atoms with E-state index >= 15 is 0 Å². The maximum Gasteiger partial charge on any atom is 0.257 e. The van der Waals surface area contributed by atoms with Crippen molar-refractivity contribution in [2.45, 2.75) is 23.9 Å². The van der Waals surface area contributed by atoms with Crippen LogP contribution in [0.3, 0.4) is 0 Å². The molecule has 0 spiro atoms. The molecule has 0 radical (unpaired) electrons. The van der Waals surface area contributed by atoms with Gasteiger partial charge in [0.25, 0.3) is 5.56 Å². The van der Waals surface area contributed by atoms with Crippen molar-refractivity contribution in [3.8, 4) is 5.75 Å². The number of nitrogens with one attached hydrogen (secondary N) is 2. The number of pyridine rings is 1. The molecule has 0 saturated carbocycles. The van der Waals surface area contributed by atoms with E-state index < -0.39 is 16.1 Å². The van der Waals surface area contributed by atoms with Gasteiger partial charge in [0.15, 0.2) is 0 Å². The van der Waals surface area contributed by atoms with Crippen molar-refractivity contribution in [2.75, 3.05) is 13.7 Å². The number of hydrogen-bond donors (Lipinski definition) is 2. The van der Waals surface area contributed by atoms with Crippen LogP contribution in [0.1, 0.15) is 12.0 Å². The number of amides is 1. The van der Waals surface area contributed by atoms with Crippen LogP contribution in [0.15, 0.2) is 63.7 Å². The first-order valence-corrected chi connectivity index (χ1v) is 12.7. The van der Waals surface area contributed by atoms with Gasteiger partial charge in [-0.3, -0.25) is 9.59 Å². The lowest BCUT2D eigenvalue weighted by atomic mass is 10.1. The van der Waals surface area contributed by atoms with E-state index in [-0.39, 0.29) is 22.9 Å². The number of H-pyrrole nitrogens is 1. The summed E-state index contributed by atoms with van der Waals surface area (Å²) in [5.41, 5.74) is 0.567. The van der Waals surface area contributed by atoms with Crippen LogP contribution < -0.4 is 15.0 Å². The number of likely N-dealkylation sites (tertiary alicyclic amines) is 1. The summed E-state index contributed by atoms with van der Waals surface area (Å²) >= 11 is 1.45. The fourth-order valence-electron chi connectivity index (χ4n) is 4.14. The van der Waals surface area contributed by atoms with E-state index in [0.29, 0.717) is 24.1 Å². The molecule has 170 valence electrons. The molecule has 0 unspecified atom stereocenters. The maximum atomic E-state index is 13.0. The van der Waals surface area contributed by atoms with Crippen molar-refractivity contribution >= 4 is 48.1 Å². The SMILES string of the molecule is COc1ccc2ccc(S(=O)(=O)N[C@H]3CCN(Cc4csc5cc[nH]c(=O)c45)C3=O)cc2c1. The molecule has 1 amide bonds. The molecule has 1 saturated heterocycles. The van der Waals surface area contributed by atoms with Crippen LogP contribution in [0.25, 0.3) is 20.9 Å². The van der Waals surface area contributed by atoms with Crippen molar-refractivity contribution in [1.82, 2.24) is 14.6 Å². The first-order valence-electron chi connectivity index (χ1n) is 10.3. The first-order chi connectivity index (χ1) is 15.9. The summed E-state index contributed by atoms with van der Waals surface area (Å²) in [5.74, 6) is 0.333. The highest BCUT2D eigenvalue weighted by Crippen LogP contribution is 2.27. The van der Waals surface area contributed by atoms with Gasteiger partial charge >= 0.3 is 0 Å². The Kier molecular flexibility index (Phi) is 5.43. The second-order valence-electron chi connectivity index (χ2n) is 7.90. The van der Waals surface area contributed by atoms with Crippen LogP contribution in [0.4, 0.5) is 0 Å². The van der Waals surface area contributed by atoms with E-state index in [2.05, 4.69) is 9.71 Å². The Labute approximate surface area is 193 Å². The minimum absolute atomic E-state index is 0.0878. The average molecular weight is 484 g/mol. The Balaban J connectivity index is 1.35. The number of rotatable bonds is 6. The van der Waals surface area contributed by atoms with E-state index in [9.17, 15) is 18.0 Å². The molecule has 5 rings (SSSR count). The van der Waals surface area contributed by atoms with Crippen molar-refractivity contribution in [3.63, 3.8) is 0 Å². The van der Waals surface area contributed by atoms with Crippen molar-refractivity contribution in [2.24, 2.45) is 0 Å². The molecule has 1 fully saturated rings. The number of nitrogens with zero attached hydrogens (tertiary/aromatic N) is 1. The van der Waals surface area contributed by atoms with Crippen molar-refractivity contribution < 1.29 is 17.9 Å². The largest absolute Gasteiger partial charge is 0.497 e. The van der Waals surface area contributed by atoms with Gasteiger partial charge in [0.1, 0.15) is 11.8 Å². The van der Waals surface area contributed by atoms with Crippen LogP contribution in [0.5, 0.6) is 5.75 Å². The van der Waals surface area contributed by atoms with Crippen LogP contribution in [0.2, 0.25) is 0 Å². The number of fused-ring (bicyclic) bond motifs is 2. The van der Waals surface area contributed by atoms with E-state index in [4.69, 9.17) is 4.74 Å². The molecule has 1 aliphatic rings. The number of aromatic nitrogens is 1. The van der Waals surface area contributed by atoms with Gasteiger partial charge in [0.2, 0.25) is 15.9 Å². The Morgan fingerprint density at radius 2 is 1.97 bits per heavy atom. The Bertz CT molecular complexity index is 1540. The third-order valence-electron chi connectivity index (χ3n) is 5.86. The van der Waals surface area contributed by atoms with Gasteiger partial charge in [-0.2, -0.15) is 4.72 Å². The van der Waals surface area contributed by atoms with Gasteiger partial charge in [-0.25, -0.2) is 8.42 Å². The topological polar surface area (TPSA) is 109 Å². The zero-order valence-corrected chi connectivity index (χ0v) is 19.3. The highest BCUT2D eigenvalue weighted by atomic mass is 32.2. The zero-order chi connectivity index (χ0) is 23.2. The average Bonchev–Trinajstić information content (AvgIpc) is 3.37. The third-order valence-corrected chi connectivity index (χ3v) is 8.32. The molecule has 1 atom stereocenters. The normalized spacial score (nSPS) is 16.7. The van der Waals surface area contributed by atoms with Gasteiger partial charge in [-0.05, 0) is 58.5 Å². The summed E-state index contributed by atoms with van der Waals surface area (Å²) in [6.45, 7) is 0.670. The minimum Gasteiger partial charge on any atom is -0.497 e. The second kappa shape index (κ2) is 8.29. The molecule has 8 nitrogen and oxygen atoms in total. The molecule has 2 aromatic carbocycles. The smallest absolute Gasteiger partial charge is 0.257 e. The molecule has 2 N–H and O–H groups in total. The number of benzene rings is 2. The Hall–Kier alpha value is -3.21. The zero-order valence-electron chi connectivity index (χ0n) is 17.7. The van der Waals surface area contributed by atoms with Crippen LogP contribution in [-0.2, 0) is 21.4 Å². The van der Waals surface area contributed by atoms with Gasteiger partial charge in [-0.15, -0.1) is 11.3 Å². The summed E-state index contributed by atoms with van der Waals surface area (Å²) in [6, 6.07) is 11.2. The Morgan fingerprint density at radius 1 is 1.15 bits per heavy atom. The van der Waals surface area contributed by atoms with Gasteiger partial charge in [0, 0.05) is 24.0 Å². The summed E-state index contributed by atoms with van der Waals surface area (Å²) < 4.78 is 34.7. The summed E-state index contributed by atoms with van der Waals surface area (Å²) in [4.78, 5) is 29.5. The summed E-state index contributed by atoms with van der Waals surface area (Å²) in [7, 11) is -2.35. The predicted octanol–water partition coefficient (Wildman–Crippen LogP) is 2.83. The lowest BCUT2D eigenvalue weighted by Crippen LogP contribution is -2.41. The van der Waals surface area contributed by atoms with Crippen LogP contribution in [0, 0.1) is 0 Å². The molecule has 4 aromatic rings. The molecule has 0 bridgehead atoms. The number of methoxy groups -OCH3 is 1. The standard InChI is InChI=1S/C23H21N3O5S2/c1-31-17-4-2-14-3-5-18(11-15(14)10-17)33(29,30)25-19-7-9-26(23(19)28)12-16-13-32-20-6-8-24-22(27)21(16)20/h2-6,8,10-11,13,19,25H,7,9,12H2,1H3,(H,24,27)/t19-/m0/s1.